The first kappa shape index (κ1) is 19.4. The Hall–Kier alpha value is -2.93. The molecule has 1 saturated heterocycles. The molecule has 3 heterocycles. The normalized spacial score (nSPS) is 22.0. The van der Waals surface area contributed by atoms with E-state index < -0.39 is 0 Å². The lowest BCUT2D eigenvalue weighted by atomic mass is 10.0. The maximum Gasteiger partial charge on any atom is 0.256 e. The summed E-state index contributed by atoms with van der Waals surface area (Å²) >= 11 is 0. The monoisotopic (exact) mass is 393 g/mol. The lowest BCUT2D eigenvalue weighted by Crippen LogP contribution is -2.45. The Balaban J connectivity index is 1.40. The molecule has 0 aliphatic carbocycles. The van der Waals surface area contributed by atoms with Crippen molar-refractivity contribution in [2.45, 2.75) is 25.9 Å². The Morgan fingerprint density at radius 3 is 2.83 bits per heavy atom. The second kappa shape index (κ2) is 8.21. The molecule has 2 amide bonds. The van der Waals surface area contributed by atoms with Crippen LogP contribution in [-0.4, -0.2) is 48.4 Å². The zero-order valence-corrected chi connectivity index (χ0v) is 16.9. The highest BCUT2D eigenvalue weighted by molar-refractivity contribution is 6.01. The summed E-state index contributed by atoms with van der Waals surface area (Å²) in [7, 11) is 1.91. The van der Waals surface area contributed by atoms with E-state index in [1.165, 1.54) is 6.42 Å². The van der Waals surface area contributed by atoms with E-state index in [1.807, 2.05) is 36.2 Å². The predicted octanol–water partition coefficient (Wildman–Crippen LogP) is 2.63. The number of carbonyl (C=O) groups is 2. The van der Waals surface area contributed by atoms with Crippen LogP contribution in [0.2, 0.25) is 0 Å². The number of nitrogens with one attached hydrogen (secondary N) is 2. The van der Waals surface area contributed by atoms with Crippen molar-refractivity contribution in [3.8, 4) is 0 Å². The molecule has 0 saturated carbocycles. The molecule has 2 aromatic rings. The van der Waals surface area contributed by atoms with Crippen LogP contribution in [0.15, 0.2) is 42.6 Å². The Morgan fingerprint density at radius 2 is 2.07 bits per heavy atom. The number of aromatic nitrogens is 1. The molecule has 0 spiro atoms. The first-order chi connectivity index (χ1) is 14.0. The van der Waals surface area contributed by atoms with Crippen LogP contribution in [0, 0.1) is 5.92 Å². The number of carbonyl (C=O) groups excluding carboxylic acids is 2. The number of fused-ring (bicyclic) bond motifs is 1. The molecule has 0 radical (unpaired) electrons. The van der Waals surface area contributed by atoms with E-state index in [0.717, 1.165) is 30.8 Å². The van der Waals surface area contributed by atoms with Crippen LogP contribution in [-0.2, 0) is 4.79 Å². The standard InChI is InChI=1S/C22H27N5O2/c1-15-5-4-12-27(13-15)14-19(28)24-17-9-7-16(8-10-17)20-25-22(29)18-6-3-11-23-21(18)26(20)2/h3,6-11,15,20H,4-5,12-14H2,1-2H3,(H,24,28)(H,25,29)/t15-,20-/m0/s1. The smallest absolute Gasteiger partial charge is 0.256 e. The lowest BCUT2D eigenvalue weighted by Gasteiger charge is -2.35. The van der Waals surface area contributed by atoms with Gasteiger partial charge in [0.1, 0.15) is 12.0 Å². The van der Waals surface area contributed by atoms with Gasteiger partial charge in [0.05, 0.1) is 12.1 Å². The third-order valence-corrected chi connectivity index (χ3v) is 5.64. The van der Waals surface area contributed by atoms with Gasteiger partial charge < -0.3 is 15.5 Å². The van der Waals surface area contributed by atoms with Crippen LogP contribution >= 0.6 is 0 Å². The molecule has 2 aliphatic heterocycles. The minimum Gasteiger partial charge on any atom is -0.335 e. The summed E-state index contributed by atoms with van der Waals surface area (Å²) in [6.45, 7) is 4.63. The molecule has 7 heteroatoms. The van der Waals surface area contributed by atoms with Gasteiger partial charge in [-0.05, 0) is 55.1 Å². The van der Waals surface area contributed by atoms with Crippen LogP contribution in [0.4, 0.5) is 11.5 Å². The van der Waals surface area contributed by atoms with Crippen molar-refractivity contribution in [2.24, 2.45) is 5.92 Å². The number of anilines is 2. The van der Waals surface area contributed by atoms with Gasteiger partial charge in [0, 0.05) is 25.5 Å². The number of pyridine rings is 1. The Labute approximate surface area is 171 Å². The molecule has 1 fully saturated rings. The zero-order chi connectivity index (χ0) is 20.4. The second-order valence-electron chi connectivity index (χ2n) is 8.01. The van der Waals surface area contributed by atoms with E-state index >= 15 is 0 Å². The van der Waals surface area contributed by atoms with Crippen molar-refractivity contribution < 1.29 is 9.59 Å². The lowest BCUT2D eigenvalue weighted by molar-refractivity contribution is -0.117. The van der Waals surface area contributed by atoms with Gasteiger partial charge in [-0.15, -0.1) is 0 Å². The minimum absolute atomic E-state index is 0.00747. The quantitative estimate of drug-likeness (QED) is 0.835. The fraction of sp³-hybridized carbons (Fsp3) is 0.409. The number of amides is 2. The summed E-state index contributed by atoms with van der Waals surface area (Å²) in [6, 6.07) is 11.1. The highest BCUT2D eigenvalue weighted by Crippen LogP contribution is 2.30. The highest BCUT2D eigenvalue weighted by Gasteiger charge is 2.30. The minimum atomic E-state index is -0.301. The molecule has 4 rings (SSSR count). The molecule has 2 N–H and O–H groups in total. The highest BCUT2D eigenvalue weighted by atomic mass is 16.2. The average Bonchev–Trinajstić information content (AvgIpc) is 2.71. The molecule has 2 aliphatic rings. The Kier molecular flexibility index (Phi) is 5.49. The third-order valence-electron chi connectivity index (χ3n) is 5.64. The van der Waals surface area contributed by atoms with Gasteiger partial charge in [-0.3, -0.25) is 14.5 Å². The number of hydrogen-bond acceptors (Lipinski definition) is 5. The Bertz CT molecular complexity index is 898. The number of rotatable bonds is 4. The first-order valence-corrected chi connectivity index (χ1v) is 10.1. The molecule has 0 bridgehead atoms. The summed E-state index contributed by atoms with van der Waals surface area (Å²) < 4.78 is 0. The van der Waals surface area contributed by atoms with Crippen molar-refractivity contribution in [2.75, 3.05) is 36.9 Å². The molecule has 2 atom stereocenters. The van der Waals surface area contributed by atoms with Crippen LogP contribution < -0.4 is 15.5 Å². The molecular weight excluding hydrogens is 366 g/mol. The van der Waals surface area contributed by atoms with Crippen LogP contribution in [0.1, 0.15) is 41.9 Å². The molecular formula is C22H27N5O2. The zero-order valence-electron chi connectivity index (χ0n) is 16.9. The maximum absolute atomic E-state index is 12.4. The van der Waals surface area contributed by atoms with E-state index in [4.69, 9.17) is 0 Å². The number of hydrogen-bond donors (Lipinski definition) is 2. The van der Waals surface area contributed by atoms with E-state index in [2.05, 4.69) is 27.4 Å². The van der Waals surface area contributed by atoms with E-state index in [9.17, 15) is 9.59 Å². The van der Waals surface area contributed by atoms with Gasteiger partial charge >= 0.3 is 0 Å². The number of piperidine rings is 1. The molecule has 7 nitrogen and oxygen atoms in total. The van der Waals surface area contributed by atoms with Gasteiger partial charge in [0.25, 0.3) is 5.91 Å². The van der Waals surface area contributed by atoms with Crippen molar-refractivity contribution in [3.63, 3.8) is 0 Å². The van der Waals surface area contributed by atoms with Gasteiger partial charge in [-0.1, -0.05) is 19.1 Å². The maximum atomic E-state index is 12.4. The van der Waals surface area contributed by atoms with Crippen molar-refractivity contribution >= 4 is 23.3 Å². The summed E-state index contributed by atoms with van der Waals surface area (Å²) in [5.74, 6) is 1.19. The fourth-order valence-electron chi connectivity index (χ4n) is 4.17. The van der Waals surface area contributed by atoms with E-state index in [-0.39, 0.29) is 18.0 Å². The second-order valence-corrected chi connectivity index (χ2v) is 8.01. The topological polar surface area (TPSA) is 77.6 Å². The third kappa shape index (κ3) is 4.24. The summed E-state index contributed by atoms with van der Waals surface area (Å²) in [6.07, 6.45) is 3.78. The van der Waals surface area contributed by atoms with Crippen molar-refractivity contribution in [1.29, 1.82) is 0 Å². The Morgan fingerprint density at radius 1 is 1.28 bits per heavy atom. The van der Waals surface area contributed by atoms with Crippen LogP contribution in [0.3, 0.4) is 0 Å². The number of benzene rings is 1. The molecule has 0 unspecified atom stereocenters. The molecule has 152 valence electrons. The SMILES string of the molecule is C[C@H]1CCCN(CC(=O)Nc2ccc([C@H]3NC(=O)c4cccnc4N3C)cc2)C1. The summed E-state index contributed by atoms with van der Waals surface area (Å²) in [4.78, 5) is 33.3. The van der Waals surface area contributed by atoms with Gasteiger partial charge in [-0.2, -0.15) is 0 Å². The number of nitrogens with zero attached hydrogens (tertiary/aromatic N) is 3. The predicted molar refractivity (Wildman–Crippen MR) is 113 cm³/mol. The summed E-state index contributed by atoms with van der Waals surface area (Å²) in [5, 5.41) is 5.99. The van der Waals surface area contributed by atoms with Gasteiger partial charge in [0.2, 0.25) is 5.91 Å². The average molecular weight is 393 g/mol. The van der Waals surface area contributed by atoms with E-state index in [1.54, 1.807) is 18.3 Å². The van der Waals surface area contributed by atoms with Crippen molar-refractivity contribution in [3.05, 3.63) is 53.7 Å². The van der Waals surface area contributed by atoms with Crippen LogP contribution in [0.25, 0.3) is 0 Å². The first-order valence-electron chi connectivity index (χ1n) is 10.1. The fourth-order valence-corrected chi connectivity index (χ4v) is 4.17. The number of likely N-dealkylation sites (tertiary alicyclic amines) is 1. The summed E-state index contributed by atoms with van der Waals surface area (Å²) in [5.41, 5.74) is 2.26. The molecule has 29 heavy (non-hydrogen) atoms. The van der Waals surface area contributed by atoms with Gasteiger partial charge in [0.15, 0.2) is 0 Å². The van der Waals surface area contributed by atoms with Crippen LogP contribution in [0.5, 0.6) is 0 Å². The largest absolute Gasteiger partial charge is 0.335 e. The van der Waals surface area contributed by atoms with Gasteiger partial charge in [-0.25, -0.2) is 4.98 Å². The van der Waals surface area contributed by atoms with E-state index in [0.29, 0.717) is 23.8 Å². The molecule has 1 aromatic carbocycles. The van der Waals surface area contributed by atoms with Crippen molar-refractivity contribution in [1.82, 2.24) is 15.2 Å². The molecule has 1 aromatic heterocycles.